The monoisotopic (exact) mass is 236 g/mol. The summed E-state index contributed by atoms with van der Waals surface area (Å²) in [7, 11) is 1.61. The zero-order valence-electron chi connectivity index (χ0n) is 10.2. The summed E-state index contributed by atoms with van der Waals surface area (Å²) in [4.78, 5) is 2.22. The first-order valence-corrected chi connectivity index (χ1v) is 6.02. The largest absolute Gasteiger partial charge is 0.389 e. The van der Waals surface area contributed by atoms with Crippen LogP contribution in [-0.2, 0) is 11.3 Å². The summed E-state index contributed by atoms with van der Waals surface area (Å²) in [6, 6.07) is 8.33. The van der Waals surface area contributed by atoms with Gasteiger partial charge in [-0.3, -0.25) is 0 Å². The van der Waals surface area contributed by atoms with Crippen LogP contribution in [0.1, 0.15) is 5.56 Å². The number of hydrogen-bond donors (Lipinski definition) is 2. The lowest BCUT2D eigenvalue weighted by Gasteiger charge is -2.26. The molecule has 0 saturated carbocycles. The molecule has 17 heavy (non-hydrogen) atoms. The number of aliphatic hydroxyl groups excluding tert-OH is 1. The van der Waals surface area contributed by atoms with Crippen LogP contribution >= 0.6 is 0 Å². The highest BCUT2D eigenvalue weighted by atomic mass is 16.5. The van der Waals surface area contributed by atoms with E-state index in [0.29, 0.717) is 13.2 Å². The molecule has 1 heterocycles. The maximum Gasteiger partial charge on any atom is 0.0947 e. The average molecular weight is 236 g/mol. The van der Waals surface area contributed by atoms with Gasteiger partial charge >= 0.3 is 0 Å². The fourth-order valence-electron chi connectivity index (χ4n) is 2.22. The molecule has 2 N–H and O–H groups in total. The molecule has 0 aromatic heterocycles. The minimum absolute atomic E-state index is 0.381. The first-order chi connectivity index (χ1) is 8.31. The molecule has 1 aromatic carbocycles. The van der Waals surface area contributed by atoms with E-state index in [9.17, 15) is 5.11 Å². The van der Waals surface area contributed by atoms with Gasteiger partial charge in [-0.1, -0.05) is 18.2 Å². The number of anilines is 1. The molecule has 1 aliphatic rings. The third-order valence-corrected chi connectivity index (χ3v) is 3.00. The summed E-state index contributed by atoms with van der Waals surface area (Å²) in [5, 5.41) is 13.2. The van der Waals surface area contributed by atoms with Crippen LogP contribution < -0.4 is 10.2 Å². The van der Waals surface area contributed by atoms with Crippen LogP contribution in [0, 0.1) is 0 Å². The molecule has 4 nitrogen and oxygen atoms in total. The maximum atomic E-state index is 9.83. The summed E-state index contributed by atoms with van der Waals surface area (Å²) in [5.41, 5.74) is 2.50. The van der Waals surface area contributed by atoms with Crippen molar-refractivity contribution in [1.29, 1.82) is 0 Å². The Morgan fingerprint density at radius 2 is 2.29 bits per heavy atom. The molecule has 94 valence electrons. The van der Waals surface area contributed by atoms with E-state index in [2.05, 4.69) is 28.4 Å². The predicted molar refractivity (Wildman–Crippen MR) is 68.2 cm³/mol. The lowest BCUT2D eigenvalue weighted by atomic mass is 10.1. The van der Waals surface area contributed by atoms with Gasteiger partial charge in [-0.25, -0.2) is 0 Å². The van der Waals surface area contributed by atoms with Gasteiger partial charge in [0.15, 0.2) is 0 Å². The highest BCUT2D eigenvalue weighted by Crippen LogP contribution is 2.22. The van der Waals surface area contributed by atoms with Crippen LogP contribution in [0.5, 0.6) is 0 Å². The Bertz CT molecular complexity index is 357. The van der Waals surface area contributed by atoms with Gasteiger partial charge in [0.2, 0.25) is 0 Å². The molecule has 2 rings (SSSR count). The van der Waals surface area contributed by atoms with E-state index in [4.69, 9.17) is 4.74 Å². The van der Waals surface area contributed by atoms with Crippen molar-refractivity contribution in [3.8, 4) is 0 Å². The van der Waals surface area contributed by atoms with Crippen LogP contribution in [0.2, 0.25) is 0 Å². The fraction of sp³-hybridized carbons (Fsp3) is 0.538. The zero-order chi connectivity index (χ0) is 12.1. The number of fused-ring (bicyclic) bond motifs is 1. The second kappa shape index (κ2) is 6.00. The van der Waals surface area contributed by atoms with Crippen molar-refractivity contribution in [3.05, 3.63) is 29.8 Å². The van der Waals surface area contributed by atoms with Gasteiger partial charge in [-0.2, -0.15) is 0 Å². The fourth-order valence-corrected chi connectivity index (χ4v) is 2.22. The highest BCUT2D eigenvalue weighted by molar-refractivity contribution is 5.54. The molecule has 4 heteroatoms. The normalized spacial score (nSPS) is 17.4. The Labute approximate surface area is 102 Å². The third-order valence-electron chi connectivity index (χ3n) is 3.00. The first kappa shape index (κ1) is 12.4. The molecule has 0 aliphatic carbocycles. The molecule has 0 spiro atoms. The van der Waals surface area contributed by atoms with E-state index >= 15 is 0 Å². The standard InChI is InChI=1S/C13H20N2O2/c1-17-10-12(16)9-15-7-6-14-8-11-4-2-3-5-13(11)15/h2-5,12,14,16H,6-10H2,1H3. The summed E-state index contributed by atoms with van der Waals surface area (Å²) in [6.07, 6.45) is -0.439. The van der Waals surface area contributed by atoms with Crippen molar-refractivity contribution < 1.29 is 9.84 Å². The van der Waals surface area contributed by atoms with Crippen LogP contribution in [0.25, 0.3) is 0 Å². The Hall–Kier alpha value is -1.10. The topological polar surface area (TPSA) is 44.7 Å². The number of aliphatic hydroxyl groups is 1. The Balaban J connectivity index is 2.11. The van der Waals surface area contributed by atoms with Crippen molar-refractivity contribution in [2.75, 3.05) is 38.3 Å². The van der Waals surface area contributed by atoms with E-state index < -0.39 is 6.10 Å². The minimum atomic E-state index is -0.439. The van der Waals surface area contributed by atoms with Gasteiger partial charge in [-0.05, 0) is 11.6 Å². The van der Waals surface area contributed by atoms with Crippen molar-refractivity contribution in [2.45, 2.75) is 12.6 Å². The molecule has 0 fully saturated rings. The Kier molecular flexibility index (Phi) is 4.36. The minimum Gasteiger partial charge on any atom is -0.389 e. The van der Waals surface area contributed by atoms with Gasteiger partial charge in [0, 0.05) is 39.0 Å². The Morgan fingerprint density at radius 3 is 3.12 bits per heavy atom. The predicted octanol–water partition coefficient (Wildman–Crippen LogP) is 0.604. The van der Waals surface area contributed by atoms with E-state index in [-0.39, 0.29) is 0 Å². The second-order valence-electron chi connectivity index (χ2n) is 4.36. The van der Waals surface area contributed by atoms with Crippen molar-refractivity contribution in [3.63, 3.8) is 0 Å². The number of methoxy groups -OCH3 is 1. The number of rotatable bonds is 4. The maximum absolute atomic E-state index is 9.83. The molecule has 0 amide bonds. The number of nitrogens with zero attached hydrogens (tertiary/aromatic N) is 1. The van der Waals surface area contributed by atoms with E-state index in [1.807, 2.05) is 6.07 Å². The molecule has 0 radical (unpaired) electrons. The summed E-state index contributed by atoms with van der Waals surface area (Å²) in [6.45, 7) is 3.75. The summed E-state index contributed by atoms with van der Waals surface area (Å²) < 4.78 is 4.97. The van der Waals surface area contributed by atoms with Crippen LogP contribution in [0.3, 0.4) is 0 Å². The number of ether oxygens (including phenoxy) is 1. The summed E-state index contributed by atoms with van der Waals surface area (Å²) in [5.74, 6) is 0. The van der Waals surface area contributed by atoms with Crippen molar-refractivity contribution in [1.82, 2.24) is 5.32 Å². The van der Waals surface area contributed by atoms with Gasteiger partial charge in [0.1, 0.15) is 0 Å². The first-order valence-electron chi connectivity index (χ1n) is 6.02. The van der Waals surface area contributed by atoms with E-state index in [1.165, 1.54) is 11.3 Å². The number of benzene rings is 1. The number of β-amino-alcohol motifs (C(OH)–C–C–N with tert-alkyl or cyclic N) is 1. The van der Waals surface area contributed by atoms with E-state index in [1.54, 1.807) is 7.11 Å². The molecule has 0 bridgehead atoms. The quantitative estimate of drug-likeness (QED) is 0.804. The van der Waals surface area contributed by atoms with Crippen molar-refractivity contribution in [2.24, 2.45) is 0 Å². The molecule has 0 saturated heterocycles. The molecule has 1 aliphatic heterocycles. The van der Waals surface area contributed by atoms with Gasteiger partial charge < -0.3 is 20.1 Å². The van der Waals surface area contributed by atoms with Crippen LogP contribution in [0.4, 0.5) is 5.69 Å². The lowest BCUT2D eigenvalue weighted by molar-refractivity contribution is 0.0689. The Morgan fingerprint density at radius 1 is 1.47 bits per heavy atom. The zero-order valence-corrected chi connectivity index (χ0v) is 10.2. The number of hydrogen-bond acceptors (Lipinski definition) is 4. The highest BCUT2D eigenvalue weighted by Gasteiger charge is 2.17. The van der Waals surface area contributed by atoms with Gasteiger partial charge in [-0.15, -0.1) is 0 Å². The third kappa shape index (κ3) is 3.19. The SMILES string of the molecule is COCC(O)CN1CCNCc2ccccc21. The smallest absolute Gasteiger partial charge is 0.0947 e. The number of nitrogens with one attached hydrogen (secondary N) is 1. The molecule has 1 aromatic rings. The van der Waals surface area contributed by atoms with E-state index in [0.717, 1.165) is 19.6 Å². The van der Waals surface area contributed by atoms with Gasteiger partial charge in [0.25, 0.3) is 0 Å². The van der Waals surface area contributed by atoms with Crippen LogP contribution in [0.15, 0.2) is 24.3 Å². The molecular formula is C13H20N2O2. The second-order valence-corrected chi connectivity index (χ2v) is 4.36. The number of para-hydroxylation sites is 1. The van der Waals surface area contributed by atoms with Gasteiger partial charge in [0.05, 0.1) is 12.7 Å². The van der Waals surface area contributed by atoms with Crippen molar-refractivity contribution >= 4 is 5.69 Å². The average Bonchev–Trinajstić information content (AvgIpc) is 2.53. The van der Waals surface area contributed by atoms with Crippen LogP contribution in [-0.4, -0.2) is 44.6 Å². The molecule has 1 atom stereocenters. The molecule has 1 unspecified atom stereocenters. The summed E-state index contributed by atoms with van der Waals surface area (Å²) >= 11 is 0. The molecular weight excluding hydrogens is 216 g/mol. The lowest BCUT2D eigenvalue weighted by Crippen LogP contribution is -2.37.